The molecule has 0 saturated carbocycles. The molecule has 0 radical (unpaired) electrons. The maximum Gasteiger partial charge on any atom is 0.416 e. The topological polar surface area (TPSA) is 35.5 Å². The summed E-state index contributed by atoms with van der Waals surface area (Å²) < 4.78 is 47.2. The number of benzene rings is 1. The van der Waals surface area contributed by atoms with Crippen LogP contribution in [0.2, 0.25) is 0 Å². The van der Waals surface area contributed by atoms with Crippen molar-refractivity contribution >= 4 is 5.78 Å². The van der Waals surface area contributed by atoms with E-state index in [9.17, 15) is 18.0 Å². The highest BCUT2D eigenvalue weighted by Gasteiger charge is 2.30. The van der Waals surface area contributed by atoms with Crippen molar-refractivity contribution < 1.29 is 27.4 Å². The van der Waals surface area contributed by atoms with Crippen molar-refractivity contribution in [2.24, 2.45) is 0 Å². The molecule has 106 valence electrons. The van der Waals surface area contributed by atoms with Gasteiger partial charge in [0.05, 0.1) is 18.8 Å². The number of carbonyl (C=O) groups excluding carboxylic acids is 1. The number of rotatable bonds is 7. The fraction of sp³-hybridized carbons (Fsp3) is 0.462. The Bertz CT molecular complexity index is 416. The quantitative estimate of drug-likeness (QED) is 0.718. The zero-order chi connectivity index (χ0) is 14.3. The molecule has 6 heteroatoms. The van der Waals surface area contributed by atoms with Crippen molar-refractivity contribution in [1.29, 1.82) is 0 Å². The minimum absolute atomic E-state index is 0.0725. The Balaban J connectivity index is 2.50. The van der Waals surface area contributed by atoms with Crippen molar-refractivity contribution in [3.63, 3.8) is 0 Å². The number of Topliss-reactive ketones (excluding diaryl/α,β-unsaturated/α-hetero) is 1. The third-order valence-corrected chi connectivity index (χ3v) is 2.35. The van der Waals surface area contributed by atoms with E-state index in [1.807, 2.05) is 0 Å². The van der Waals surface area contributed by atoms with Crippen LogP contribution < -0.4 is 0 Å². The lowest BCUT2D eigenvalue weighted by molar-refractivity contribution is -0.137. The Morgan fingerprint density at radius 3 is 2.63 bits per heavy atom. The molecule has 0 aliphatic heterocycles. The third-order valence-electron chi connectivity index (χ3n) is 2.35. The van der Waals surface area contributed by atoms with Crippen LogP contribution in [0.4, 0.5) is 13.2 Å². The Morgan fingerprint density at radius 2 is 2.00 bits per heavy atom. The SMILES string of the molecule is COCCOCC(=O)Cc1cccc(C(F)(F)F)c1. The molecule has 1 aromatic rings. The van der Waals surface area contributed by atoms with E-state index in [0.717, 1.165) is 12.1 Å². The normalized spacial score (nSPS) is 11.6. The highest BCUT2D eigenvalue weighted by atomic mass is 19.4. The third kappa shape index (κ3) is 5.85. The molecule has 0 saturated heterocycles. The summed E-state index contributed by atoms with van der Waals surface area (Å²) in [7, 11) is 1.51. The highest BCUT2D eigenvalue weighted by Crippen LogP contribution is 2.29. The van der Waals surface area contributed by atoms with E-state index in [-0.39, 0.29) is 25.4 Å². The first-order valence-electron chi connectivity index (χ1n) is 5.68. The van der Waals surface area contributed by atoms with E-state index in [4.69, 9.17) is 9.47 Å². The van der Waals surface area contributed by atoms with Crippen LogP contribution in [0.5, 0.6) is 0 Å². The number of carbonyl (C=O) groups is 1. The summed E-state index contributed by atoms with van der Waals surface area (Å²) in [5.41, 5.74) is -0.423. The molecular weight excluding hydrogens is 261 g/mol. The van der Waals surface area contributed by atoms with Gasteiger partial charge in [0, 0.05) is 13.5 Å². The number of hydrogen-bond acceptors (Lipinski definition) is 3. The molecule has 0 amide bonds. The van der Waals surface area contributed by atoms with Crippen molar-refractivity contribution in [3.8, 4) is 0 Å². The van der Waals surface area contributed by atoms with Crippen molar-refractivity contribution in [2.45, 2.75) is 12.6 Å². The molecule has 0 spiro atoms. The van der Waals surface area contributed by atoms with E-state index in [1.165, 1.54) is 19.2 Å². The second-order valence-electron chi connectivity index (χ2n) is 3.96. The molecular formula is C13H15F3O3. The molecule has 0 aliphatic carbocycles. The summed E-state index contributed by atoms with van der Waals surface area (Å²) in [5, 5.41) is 0. The second-order valence-corrected chi connectivity index (χ2v) is 3.96. The summed E-state index contributed by atoms with van der Waals surface area (Å²) in [6.45, 7) is 0.529. The Hall–Kier alpha value is -1.40. The fourth-order valence-electron chi connectivity index (χ4n) is 1.46. The Morgan fingerprint density at radius 1 is 1.26 bits per heavy atom. The summed E-state index contributed by atoms with van der Waals surface area (Å²) in [4.78, 5) is 11.5. The molecule has 0 bridgehead atoms. The second kappa shape index (κ2) is 7.25. The average Bonchev–Trinajstić information content (AvgIpc) is 2.34. The number of methoxy groups -OCH3 is 1. The van der Waals surface area contributed by atoms with Gasteiger partial charge in [-0.2, -0.15) is 13.2 Å². The van der Waals surface area contributed by atoms with Gasteiger partial charge in [-0.25, -0.2) is 0 Å². The van der Waals surface area contributed by atoms with Crippen LogP contribution in [0.25, 0.3) is 0 Å². The minimum atomic E-state index is -4.39. The highest BCUT2D eigenvalue weighted by molar-refractivity contribution is 5.82. The molecule has 0 aromatic heterocycles. The number of alkyl halides is 3. The molecule has 0 unspecified atom stereocenters. The van der Waals surface area contributed by atoms with Crippen LogP contribution in [0.15, 0.2) is 24.3 Å². The first kappa shape index (κ1) is 15.7. The van der Waals surface area contributed by atoms with E-state index in [0.29, 0.717) is 12.2 Å². The number of halogens is 3. The van der Waals surface area contributed by atoms with Gasteiger partial charge in [0.1, 0.15) is 6.61 Å². The van der Waals surface area contributed by atoms with Crippen molar-refractivity contribution in [2.75, 3.05) is 26.9 Å². The van der Waals surface area contributed by atoms with Gasteiger partial charge in [0.2, 0.25) is 0 Å². The molecule has 0 heterocycles. The summed E-state index contributed by atoms with van der Waals surface area (Å²) in [5.74, 6) is -0.268. The zero-order valence-corrected chi connectivity index (χ0v) is 10.5. The van der Waals surface area contributed by atoms with Crippen LogP contribution in [0.1, 0.15) is 11.1 Å². The molecule has 0 N–H and O–H groups in total. The number of ether oxygens (including phenoxy) is 2. The van der Waals surface area contributed by atoms with E-state index >= 15 is 0 Å². The van der Waals surface area contributed by atoms with Gasteiger partial charge in [-0.1, -0.05) is 18.2 Å². The van der Waals surface area contributed by atoms with Crippen LogP contribution in [-0.4, -0.2) is 32.7 Å². The zero-order valence-electron chi connectivity index (χ0n) is 10.5. The Labute approximate surface area is 109 Å². The lowest BCUT2D eigenvalue weighted by Gasteiger charge is -2.08. The van der Waals surface area contributed by atoms with Crippen LogP contribution in [0, 0.1) is 0 Å². The summed E-state index contributed by atoms with van der Waals surface area (Å²) in [6.07, 6.45) is -4.47. The molecule has 0 fully saturated rings. The molecule has 0 aliphatic rings. The van der Waals surface area contributed by atoms with E-state index < -0.39 is 11.7 Å². The van der Waals surface area contributed by atoms with Gasteiger partial charge in [0.25, 0.3) is 0 Å². The summed E-state index contributed by atoms with van der Waals surface area (Å²) in [6, 6.07) is 4.73. The molecule has 19 heavy (non-hydrogen) atoms. The maximum atomic E-state index is 12.5. The van der Waals surface area contributed by atoms with Gasteiger partial charge >= 0.3 is 6.18 Å². The van der Waals surface area contributed by atoms with Crippen LogP contribution in [0.3, 0.4) is 0 Å². The van der Waals surface area contributed by atoms with Gasteiger partial charge in [0.15, 0.2) is 5.78 Å². The van der Waals surface area contributed by atoms with Gasteiger partial charge in [-0.05, 0) is 11.6 Å². The minimum Gasteiger partial charge on any atom is -0.382 e. The van der Waals surface area contributed by atoms with Crippen LogP contribution >= 0.6 is 0 Å². The number of ketones is 1. The molecule has 1 rings (SSSR count). The summed E-state index contributed by atoms with van der Waals surface area (Å²) >= 11 is 0. The standard InChI is InChI=1S/C13H15F3O3/c1-18-5-6-19-9-12(17)8-10-3-2-4-11(7-10)13(14,15)16/h2-4,7H,5-6,8-9H2,1H3. The first-order valence-corrected chi connectivity index (χ1v) is 5.68. The lowest BCUT2D eigenvalue weighted by atomic mass is 10.1. The van der Waals surface area contributed by atoms with Crippen molar-refractivity contribution in [1.82, 2.24) is 0 Å². The average molecular weight is 276 g/mol. The molecule has 1 aromatic carbocycles. The fourth-order valence-corrected chi connectivity index (χ4v) is 1.46. The van der Waals surface area contributed by atoms with E-state index in [1.54, 1.807) is 0 Å². The first-order chi connectivity index (χ1) is 8.93. The lowest BCUT2D eigenvalue weighted by Crippen LogP contribution is -2.14. The van der Waals surface area contributed by atoms with Gasteiger partial charge in [-0.15, -0.1) is 0 Å². The molecule has 0 atom stereocenters. The largest absolute Gasteiger partial charge is 0.416 e. The Kier molecular flexibility index (Phi) is 5.98. The van der Waals surface area contributed by atoms with E-state index in [2.05, 4.69) is 0 Å². The van der Waals surface area contributed by atoms with Gasteiger partial charge < -0.3 is 9.47 Å². The maximum absolute atomic E-state index is 12.5. The monoisotopic (exact) mass is 276 g/mol. The number of hydrogen-bond donors (Lipinski definition) is 0. The van der Waals surface area contributed by atoms with Gasteiger partial charge in [-0.3, -0.25) is 4.79 Å². The predicted octanol–water partition coefficient (Wildman–Crippen LogP) is 2.48. The van der Waals surface area contributed by atoms with Crippen molar-refractivity contribution in [3.05, 3.63) is 35.4 Å². The predicted molar refractivity (Wildman–Crippen MR) is 62.9 cm³/mol. The molecule has 3 nitrogen and oxygen atoms in total. The van der Waals surface area contributed by atoms with Crippen LogP contribution in [-0.2, 0) is 26.9 Å². The smallest absolute Gasteiger partial charge is 0.382 e.